The van der Waals surface area contributed by atoms with Gasteiger partial charge in [0.05, 0.1) is 6.61 Å². The number of phenolic OH excluding ortho intramolecular Hbond substituents is 1. The Morgan fingerprint density at radius 1 is 1.53 bits per heavy atom. The van der Waals surface area contributed by atoms with E-state index in [2.05, 4.69) is 0 Å². The lowest BCUT2D eigenvalue weighted by Gasteiger charge is -2.04. The lowest BCUT2D eigenvalue weighted by molar-refractivity contribution is -0.143. The summed E-state index contributed by atoms with van der Waals surface area (Å²) in [7, 11) is 0. The van der Waals surface area contributed by atoms with E-state index in [9.17, 15) is 14.3 Å². The van der Waals surface area contributed by atoms with Gasteiger partial charge < -0.3 is 9.84 Å². The van der Waals surface area contributed by atoms with Crippen molar-refractivity contribution < 1.29 is 19.0 Å². The highest BCUT2D eigenvalue weighted by molar-refractivity contribution is 5.69. The number of benzene rings is 1. The van der Waals surface area contributed by atoms with Crippen LogP contribution in [0.1, 0.15) is 18.9 Å². The molecule has 0 heterocycles. The SMILES string of the molecule is CCOC(=O)CCc1cccc(F)c1O. The summed E-state index contributed by atoms with van der Waals surface area (Å²) >= 11 is 0. The van der Waals surface area contributed by atoms with Crippen molar-refractivity contribution in [1.29, 1.82) is 0 Å². The molecule has 4 heteroatoms. The van der Waals surface area contributed by atoms with Gasteiger partial charge in [-0.1, -0.05) is 12.1 Å². The molecule has 1 aromatic rings. The topological polar surface area (TPSA) is 46.5 Å². The Kier molecular flexibility index (Phi) is 4.09. The highest BCUT2D eigenvalue weighted by Crippen LogP contribution is 2.21. The second-order valence-corrected chi connectivity index (χ2v) is 3.05. The number of para-hydroxylation sites is 1. The Bertz CT molecular complexity index is 350. The molecule has 1 aromatic carbocycles. The maximum atomic E-state index is 12.9. The molecule has 0 aliphatic heterocycles. The van der Waals surface area contributed by atoms with Crippen LogP contribution in [0.2, 0.25) is 0 Å². The fourth-order valence-electron chi connectivity index (χ4n) is 1.23. The van der Waals surface area contributed by atoms with Crippen molar-refractivity contribution in [2.75, 3.05) is 6.61 Å². The highest BCUT2D eigenvalue weighted by atomic mass is 19.1. The van der Waals surface area contributed by atoms with Gasteiger partial charge in [-0.2, -0.15) is 0 Å². The molecule has 0 fully saturated rings. The first-order valence-corrected chi connectivity index (χ1v) is 4.77. The molecule has 0 amide bonds. The first kappa shape index (κ1) is 11.5. The molecule has 0 aliphatic rings. The van der Waals surface area contributed by atoms with Gasteiger partial charge in [-0.25, -0.2) is 4.39 Å². The highest BCUT2D eigenvalue weighted by Gasteiger charge is 2.08. The van der Waals surface area contributed by atoms with Crippen LogP contribution in [0.3, 0.4) is 0 Å². The van der Waals surface area contributed by atoms with Crippen molar-refractivity contribution >= 4 is 5.97 Å². The van der Waals surface area contributed by atoms with Crippen LogP contribution in [0.15, 0.2) is 18.2 Å². The number of phenols is 1. The lowest BCUT2D eigenvalue weighted by Crippen LogP contribution is -2.05. The van der Waals surface area contributed by atoms with Crippen LogP contribution in [-0.4, -0.2) is 17.7 Å². The molecular formula is C11H13FO3. The van der Waals surface area contributed by atoms with E-state index in [4.69, 9.17) is 4.74 Å². The smallest absolute Gasteiger partial charge is 0.306 e. The number of esters is 1. The molecule has 1 rings (SSSR count). The molecule has 0 saturated heterocycles. The number of rotatable bonds is 4. The predicted octanol–water partition coefficient (Wildman–Crippen LogP) is 2.03. The second-order valence-electron chi connectivity index (χ2n) is 3.05. The van der Waals surface area contributed by atoms with E-state index < -0.39 is 5.82 Å². The first-order valence-electron chi connectivity index (χ1n) is 4.77. The van der Waals surface area contributed by atoms with Gasteiger partial charge in [-0.15, -0.1) is 0 Å². The number of carbonyl (C=O) groups excluding carboxylic acids is 1. The Morgan fingerprint density at radius 2 is 2.27 bits per heavy atom. The normalized spacial score (nSPS) is 10.0. The molecule has 82 valence electrons. The Morgan fingerprint density at radius 3 is 2.93 bits per heavy atom. The number of hydrogen-bond acceptors (Lipinski definition) is 3. The zero-order valence-electron chi connectivity index (χ0n) is 8.50. The molecule has 0 unspecified atom stereocenters. The second kappa shape index (κ2) is 5.34. The number of aryl methyl sites for hydroxylation is 1. The summed E-state index contributed by atoms with van der Waals surface area (Å²) in [6, 6.07) is 4.25. The molecular weight excluding hydrogens is 199 g/mol. The number of hydrogen-bond donors (Lipinski definition) is 1. The maximum absolute atomic E-state index is 12.9. The zero-order valence-corrected chi connectivity index (χ0v) is 8.50. The average Bonchev–Trinajstić information content (AvgIpc) is 2.21. The van der Waals surface area contributed by atoms with Crippen LogP contribution in [0.25, 0.3) is 0 Å². The molecule has 0 bridgehead atoms. The van der Waals surface area contributed by atoms with Gasteiger partial charge in [-0.3, -0.25) is 4.79 Å². The molecule has 15 heavy (non-hydrogen) atoms. The Labute approximate surface area is 87.5 Å². The molecule has 3 nitrogen and oxygen atoms in total. The fraction of sp³-hybridized carbons (Fsp3) is 0.364. The van der Waals surface area contributed by atoms with Gasteiger partial charge in [0.2, 0.25) is 0 Å². The minimum atomic E-state index is -0.670. The zero-order chi connectivity index (χ0) is 11.3. The third-order valence-corrected chi connectivity index (χ3v) is 1.97. The van der Waals surface area contributed by atoms with E-state index in [-0.39, 0.29) is 24.6 Å². The minimum absolute atomic E-state index is 0.144. The number of halogens is 1. The number of aromatic hydroxyl groups is 1. The summed E-state index contributed by atoms with van der Waals surface area (Å²) in [5.41, 5.74) is 0.419. The van der Waals surface area contributed by atoms with Crippen LogP contribution in [0.4, 0.5) is 4.39 Å². The van der Waals surface area contributed by atoms with E-state index in [1.165, 1.54) is 12.1 Å². The van der Waals surface area contributed by atoms with Crippen molar-refractivity contribution in [2.24, 2.45) is 0 Å². The number of carbonyl (C=O) groups is 1. The summed E-state index contributed by atoms with van der Waals surface area (Å²) < 4.78 is 17.6. The maximum Gasteiger partial charge on any atom is 0.306 e. The van der Waals surface area contributed by atoms with E-state index >= 15 is 0 Å². The number of ether oxygens (including phenoxy) is 1. The molecule has 0 radical (unpaired) electrons. The van der Waals surface area contributed by atoms with Crippen molar-refractivity contribution in [3.63, 3.8) is 0 Å². The minimum Gasteiger partial charge on any atom is -0.505 e. The van der Waals surface area contributed by atoms with Gasteiger partial charge in [0.1, 0.15) is 0 Å². The summed E-state index contributed by atoms with van der Waals surface area (Å²) in [6.45, 7) is 2.05. The quantitative estimate of drug-likeness (QED) is 0.777. The molecule has 0 spiro atoms. The molecule has 1 N–H and O–H groups in total. The Balaban J connectivity index is 2.58. The molecule has 0 atom stereocenters. The summed E-state index contributed by atoms with van der Waals surface area (Å²) in [5, 5.41) is 9.31. The van der Waals surface area contributed by atoms with Crippen molar-refractivity contribution in [2.45, 2.75) is 19.8 Å². The summed E-state index contributed by atoms with van der Waals surface area (Å²) in [6.07, 6.45) is 0.424. The van der Waals surface area contributed by atoms with Crippen LogP contribution >= 0.6 is 0 Å². The van der Waals surface area contributed by atoms with E-state index in [0.717, 1.165) is 0 Å². The van der Waals surface area contributed by atoms with E-state index in [1.807, 2.05) is 0 Å². The van der Waals surface area contributed by atoms with Crippen LogP contribution in [0, 0.1) is 5.82 Å². The average molecular weight is 212 g/mol. The largest absolute Gasteiger partial charge is 0.505 e. The standard InChI is InChI=1S/C11H13FO3/c1-2-15-10(13)7-6-8-4-3-5-9(12)11(8)14/h3-5,14H,2,6-7H2,1H3. The van der Waals surface area contributed by atoms with Crippen LogP contribution in [0.5, 0.6) is 5.75 Å². The monoisotopic (exact) mass is 212 g/mol. The van der Waals surface area contributed by atoms with E-state index in [1.54, 1.807) is 13.0 Å². The molecule has 0 saturated carbocycles. The molecule has 0 aromatic heterocycles. The van der Waals surface area contributed by atoms with Gasteiger partial charge in [0.15, 0.2) is 11.6 Å². The fourth-order valence-corrected chi connectivity index (χ4v) is 1.23. The van der Waals surface area contributed by atoms with Gasteiger partial charge >= 0.3 is 5.97 Å². The first-order chi connectivity index (χ1) is 7.15. The third kappa shape index (κ3) is 3.23. The third-order valence-electron chi connectivity index (χ3n) is 1.97. The Hall–Kier alpha value is -1.58. The van der Waals surface area contributed by atoms with E-state index in [0.29, 0.717) is 12.2 Å². The van der Waals surface area contributed by atoms with Crippen LogP contribution < -0.4 is 0 Å². The van der Waals surface area contributed by atoms with Crippen LogP contribution in [-0.2, 0) is 16.0 Å². The van der Waals surface area contributed by atoms with Gasteiger partial charge in [-0.05, 0) is 25.0 Å². The molecule has 0 aliphatic carbocycles. The van der Waals surface area contributed by atoms with Crippen molar-refractivity contribution in [1.82, 2.24) is 0 Å². The van der Waals surface area contributed by atoms with Crippen molar-refractivity contribution in [3.8, 4) is 5.75 Å². The summed E-state index contributed by atoms with van der Waals surface area (Å²) in [4.78, 5) is 11.0. The lowest BCUT2D eigenvalue weighted by atomic mass is 10.1. The van der Waals surface area contributed by atoms with Crippen molar-refractivity contribution in [3.05, 3.63) is 29.6 Å². The predicted molar refractivity (Wildman–Crippen MR) is 53.0 cm³/mol. The van der Waals surface area contributed by atoms with Gasteiger partial charge in [0, 0.05) is 6.42 Å². The summed E-state index contributed by atoms with van der Waals surface area (Å²) in [5.74, 6) is -1.40. The van der Waals surface area contributed by atoms with Gasteiger partial charge in [0.25, 0.3) is 0 Å².